The Bertz CT molecular complexity index is 419. The second-order valence-electron chi connectivity index (χ2n) is 5.25. The Hall–Kier alpha value is -0.830. The Balaban J connectivity index is 2.72. The van der Waals surface area contributed by atoms with Gasteiger partial charge in [0.25, 0.3) is 5.91 Å². The first-order chi connectivity index (χ1) is 8.97. The summed E-state index contributed by atoms with van der Waals surface area (Å²) in [6.07, 6.45) is 3.40. The number of benzene rings is 1. The fraction of sp³-hybridized carbons (Fsp3) is 0.562. The maximum atomic E-state index is 12.5. The third-order valence-electron chi connectivity index (χ3n) is 3.36. The van der Waals surface area contributed by atoms with Crippen LogP contribution in [0.3, 0.4) is 0 Å². The molecule has 0 saturated carbocycles. The van der Waals surface area contributed by atoms with Crippen molar-refractivity contribution in [3.63, 3.8) is 0 Å². The number of aryl methyl sites for hydroxylation is 3. The van der Waals surface area contributed by atoms with Crippen molar-refractivity contribution in [1.29, 1.82) is 0 Å². The molecule has 3 heteroatoms. The van der Waals surface area contributed by atoms with E-state index in [9.17, 15) is 4.79 Å². The molecule has 0 heterocycles. The van der Waals surface area contributed by atoms with Crippen LogP contribution < -0.4 is 0 Å². The number of carbonyl (C=O) groups is 1. The lowest BCUT2D eigenvalue weighted by Crippen LogP contribution is -2.29. The first-order valence-corrected chi connectivity index (χ1v) is 7.98. The van der Waals surface area contributed by atoms with Crippen LogP contribution in [0.2, 0.25) is 0 Å². The smallest absolute Gasteiger partial charge is 0.254 e. The van der Waals surface area contributed by atoms with E-state index in [0.717, 1.165) is 41.4 Å². The van der Waals surface area contributed by atoms with Crippen molar-refractivity contribution in [1.82, 2.24) is 4.90 Å². The van der Waals surface area contributed by atoms with Crippen LogP contribution >= 0.6 is 15.9 Å². The zero-order valence-electron chi connectivity index (χ0n) is 12.4. The molecule has 0 aliphatic rings. The quantitative estimate of drug-likeness (QED) is 0.565. The van der Waals surface area contributed by atoms with Crippen LogP contribution in [-0.2, 0) is 0 Å². The topological polar surface area (TPSA) is 20.3 Å². The van der Waals surface area contributed by atoms with Gasteiger partial charge >= 0.3 is 0 Å². The molecule has 19 heavy (non-hydrogen) atoms. The summed E-state index contributed by atoms with van der Waals surface area (Å²) in [5, 5.41) is 1.04. The maximum Gasteiger partial charge on any atom is 0.254 e. The van der Waals surface area contributed by atoms with Crippen molar-refractivity contribution in [3.05, 3.63) is 34.4 Å². The standard InChI is InChI=1S/C16H24BrNO/c1-12-10-13(2)15(14(3)11-12)16(19)18(4)9-7-5-6-8-17/h10-11H,5-9H2,1-4H3. The molecule has 0 atom stereocenters. The van der Waals surface area contributed by atoms with Crippen LogP contribution in [0.5, 0.6) is 0 Å². The van der Waals surface area contributed by atoms with E-state index in [1.54, 1.807) is 0 Å². The summed E-state index contributed by atoms with van der Waals surface area (Å²) >= 11 is 3.43. The summed E-state index contributed by atoms with van der Waals surface area (Å²) in [6, 6.07) is 4.16. The third-order valence-corrected chi connectivity index (χ3v) is 3.93. The highest BCUT2D eigenvalue weighted by molar-refractivity contribution is 9.09. The van der Waals surface area contributed by atoms with Crippen LogP contribution in [0.25, 0.3) is 0 Å². The summed E-state index contributed by atoms with van der Waals surface area (Å²) in [6.45, 7) is 6.94. The highest BCUT2D eigenvalue weighted by atomic mass is 79.9. The minimum Gasteiger partial charge on any atom is -0.342 e. The molecule has 0 aliphatic heterocycles. The van der Waals surface area contributed by atoms with Gasteiger partial charge in [-0.05, 0) is 44.7 Å². The lowest BCUT2D eigenvalue weighted by atomic mass is 9.99. The maximum absolute atomic E-state index is 12.5. The second-order valence-corrected chi connectivity index (χ2v) is 6.04. The number of hydrogen-bond acceptors (Lipinski definition) is 1. The minimum absolute atomic E-state index is 0.147. The molecule has 1 rings (SSSR count). The molecule has 2 nitrogen and oxygen atoms in total. The molecule has 1 aromatic rings. The van der Waals surface area contributed by atoms with Gasteiger partial charge < -0.3 is 4.90 Å². The SMILES string of the molecule is Cc1cc(C)c(C(=O)N(C)CCCCCBr)c(C)c1. The first-order valence-electron chi connectivity index (χ1n) is 6.86. The molecule has 0 saturated heterocycles. The van der Waals surface area contributed by atoms with Gasteiger partial charge in [0.15, 0.2) is 0 Å². The molecule has 0 aliphatic carbocycles. The highest BCUT2D eigenvalue weighted by Gasteiger charge is 2.16. The first kappa shape index (κ1) is 16.2. The molecular weight excluding hydrogens is 302 g/mol. The van der Waals surface area contributed by atoms with Gasteiger partial charge in [0, 0.05) is 24.5 Å². The summed E-state index contributed by atoms with van der Waals surface area (Å²) in [5.41, 5.74) is 4.24. The summed E-state index contributed by atoms with van der Waals surface area (Å²) < 4.78 is 0. The average Bonchev–Trinajstić information content (AvgIpc) is 2.33. The minimum atomic E-state index is 0.147. The van der Waals surface area contributed by atoms with E-state index in [1.807, 2.05) is 25.8 Å². The molecule has 0 bridgehead atoms. The monoisotopic (exact) mass is 325 g/mol. The number of amides is 1. The van der Waals surface area contributed by atoms with E-state index < -0.39 is 0 Å². The largest absolute Gasteiger partial charge is 0.342 e. The van der Waals surface area contributed by atoms with Crippen molar-refractivity contribution >= 4 is 21.8 Å². The zero-order chi connectivity index (χ0) is 14.4. The predicted molar refractivity (Wildman–Crippen MR) is 85.3 cm³/mol. The molecule has 1 amide bonds. The van der Waals surface area contributed by atoms with Crippen LogP contribution in [0.4, 0.5) is 0 Å². The fourth-order valence-electron chi connectivity index (χ4n) is 2.43. The molecular formula is C16H24BrNO. The summed E-state index contributed by atoms with van der Waals surface area (Å²) in [4.78, 5) is 14.3. The number of unbranched alkanes of at least 4 members (excludes halogenated alkanes) is 2. The van der Waals surface area contributed by atoms with Crippen molar-refractivity contribution in [2.24, 2.45) is 0 Å². The van der Waals surface area contributed by atoms with E-state index >= 15 is 0 Å². The van der Waals surface area contributed by atoms with Crippen LogP contribution in [0.15, 0.2) is 12.1 Å². The van der Waals surface area contributed by atoms with Crippen molar-refractivity contribution in [2.45, 2.75) is 40.0 Å². The van der Waals surface area contributed by atoms with E-state index in [0.29, 0.717) is 0 Å². The predicted octanol–water partition coefficient (Wildman–Crippen LogP) is 4.25. The lowest BCUT2D eigenvalue weighted by Gasteiger charge is -2.20. The normalized spacial score (nSPS) is 10.6. The van der Waals surface area contributed by atoms with Gasteiger partial charge in [0.2, 0.25) is 0 Å². The fourth-order valence-corrected chi connectivity index (χ4v) is 2.83. The highest BCUT2D eigenvalue weighted by Crippen LogP contribution is 2.18. The summed E-state index contributed by atoms with van der Waals surface area (Å²) in [7, 11) is 1.90. The Morgan fingerprint density at radius 3 is 2.21 bits per heavy atom. The van der Waals surface area contributed by atoms with Crippen molar-refractivity contribution < 1.29 is 4.79 Å². The average molecular weight is 326 g/mol. The third kappa shape index (κ3) is 4.64. The molecule has 0 unspecified atom stereocenters. The number of halogens is 1. The van der Waals surface area contributed by atoms with Crippen LogP contribution in [0.1, 0.15) is 46.3 Å². The van der Waals surface area contributed by atoms with Gasteiger partial charge in [-0.2, -0.15) is 0 Å². The van der Waals surface area contributed by atoms with E-state index in [1.165, 1.54) is 12.0 Å². The van der Waals surface area contributed by atoms with Gasteiger partial charge in [-0.1, -0.05) is 40.0 Å². The van der Waals surface area contributed by atoms with E-state index in [2.05, 4.69) is 35.0 Å². The number of alkyl halides is 1. The van der Waals surface area contributed by atoms with Crippen LogP contribution in [-0.4, -0.2) is 29.7 Å². The number of hydrogen-bond donors (Lipinski definition) is 0. The van der Waals surface area contributed by atoms with Crippen LogP contribution in [0, 0.1) is 20.8 Å². The Morgan fingerprint density at radius 1 is 1.11 bits per heavy atom. The molecule has 106 valence electrons. The molecule has 0 aromatic heterocycles. The number of carbonyl (C=O) groups excluding carboxylic acids is 1. The van der Waals surface area contributed by atoms with Gasteiger partial charge in [0.1, 0.15) is 0 Å². The van der Waals surface area contributed by atoms with Gasteiger partial charge in [0.05, 0.1) is 0 Å². The molecule has 0 radical (unpaired) electrons. The van der Waals surface area contributed by atoms with E-state index in [4.69, 9.17) is 0 Å². The Kier molecular flexibility index (Phi) is 6.56. The molecule has 0 N–H and O–H groups in total. The molecule has 0 spiro atoms. The number of rotatable bonds is 6. The second kappa shape index (κ2) is 7.68. The molecule has 0 fully saturated rings. The number of nitrogens with zero attached hydrogens (tertiary/aromatic N) is 1. The van der Waals surface area contributed by atoms with Gasteiger partial charge in [-0.15, -0.1) is 0 Å². The van der Waals surface area contributed by atoms with E-state index in [-0.39, 0.29) is 5.91 Å². The van der Waals surface area contributed by atoms with Gasteiger partial charge in [-0.3, -0.25) is 4.79 Å². The van der Waals surface area contributed by atoms with Gasteiger partial charge in [-0.25, -0.2) is 0 Å². The Labute approximate surface area is 125 Å². The zero-order valence-corrected chi connectivity index (χ0v) is 14.0. The lowest BCUT2D eigenvalue weighted by molar-refractivity contribution is 0.0791. The Morgan fingerprint density at radius 2 is 1.68 bits per heavy atom. The molecule has 1 aromatic carbocycles. The summed E-state index contributed by atoms with van der Waals surface area (Å²) in [5.74, 6) is 0.147. The van der Waals surface area contributed by atoms with Crippen molar-refractivity contribution in [3.8, 4) is 0 Å². The van der Waals surface area contributed by atoms with Crippen molar-refractivity contribution in [2.75, 3.05) is 18.9 Å².